The highest BCUT2D eigenvalue weighted by molar-refractivity contribution is 5.97. The van der Waals surface area contributed by atoms with Gasteiger partial charge in [0.2, 0.25) is 0 Å². The van der Waals surface area contributed by atoms with E-state index in [2.05, 4.69) is 31.4 Å². The van der Waals surface area contributed by atoms with Crippen LogP contribution in [-0.4, -0.2) is 36.0 Å². The first kappa shape index (κ1) is 23.9. The van der Waals surface area contributed by atoms with Crippen molar-refractivity contribution in [3.8, 4) is 0 Å². The maximum Gasteiger partial charge on any atom is 0.329 e. The summed E-state index contributed by atoms with van der Waals surface area (Å²) in [5.74, 6) is -1.41. The van der Waals surface area contributed by atoms with Gasteiger partial charge in [-0.25, -0.2) is 4.79 Å². The number of carbonyl (C=O) groups is 3. The topological polar surface area (TPSA) is 84.5 Å². The van der Waals surface area contributed by atoms with E-state index in [0.717, 1.165) is 31.2 Å². The smallest absolute Gasteiger partial charge is 0.329 e. The first-order chi connectivity index (χ1) is 14.0. The minimum Gasteiger partial charge on any atom is -0.451 e. The fourth-order valence-electron chi connectivity index (χ4n) is 3.53. The summed E-state index contributed by atoms with van der Waals surface area (Å²) in [5.41, 5.74) is 1.60. The van der Waals surface area contributed by atoms with Gasteiger partial charge >= 0.3 is 5.97 Å². The van der Waals surface area contributed by atoms with E-state index in [0.29, 0.717) is 5.56 Å². The molecule has 2 N–H and O–H groups in total. The average molecular weight is 417 g/mol. The number of benzene rings is 1. The van der Waals surface area contributed by atoms with E-state index in [1.54, 1.807) is 19.1 Å². The summed E-state index contributed by atoms with van der Waals surface area (Å²) >= 11 is 0. The Morgan fingerprint density at radius 1 is 1.00 bits per heavy atom. The van der Waals surface area contributed by atoms with Crippen LogP contribution in [-0.2, 0) is 19.7 Å². The summed E-state index contributed by atoms with van der Waals surface area (Å²) in [7, 11) is 0. The second kappa shape index (κ2) is 10.1. The third kappa shape index (κ3) is 6.57. The molecule has 1 saturated carbocycles. The second-order valence-corrected chi connectivity index (χ2v) is 9.59. The third-order valence-corrected chi connectivity index (χ3v) is 5.58. The molecule has 1 aromatic carbocycles. The van der Waals surface area contributed by atoms with Crippen molar-refractivity contribution in [2.75, 3.05) is 0 Å². The summed E-state index contributed by atoms with van der Waals surface area (Å²) < 4.78 is 5.38. The molecule has 2 atom stereocenters. The second-order valence-electron chi connectivity index (χ2n) is 9.59. The van der Waals surface area contributed by atoms with Gasteiger partial charge in [-0.2, -0.15) is 0 Å². The molecule has 0 spiro atoms. The summed E-state index contributed by atoms with van der Waals surface area (Å²) in [4.78, 5) is 37.7. The van der Waals surface area contributed by atoms with Crippen molar-refractivity contribution in [1.29, 1.82) is 0 Å². The van der Waals surface area contributed by atoms with Crippen LogP contribution in [0.2, 0.25) is 0 Å². The standard InChI is InChI=1S/C24H36N2O4/c1-15(2)20(23(29)30-16(3)21(27)25-19-9-7-8-10-19)26-22(28)17-11-13-18(14-12-17)24(4,5)6/h11-16,19-20H,7-10H2,1-6H3,(H,25,27)(H,26,28)/t16-,20+/m1/s1. The molecule has 2 amide bonds. The highest BCUT2D eigenvalue weighted by atomic mass is 16.5. The Morgan fingerprint density at radius 2 is 1.57 bits per heavy atom. The molecule has 2 rings (SSSR count). The van der Waals surface area contributed by atoms with Crippen LogP contribution in [0.15, 0.2) is 24.3 Å². The van der Waals surface area contributed by atoms with E-state index >= 15 is 0 Å². The largest absolute Gasteiger partial charge is 0.451 e. The van der Waals surface area contributed by atoms with Crippen molar-refractivity contribution < 1.29 is 19.1 Å². The van der Waals surface area contributed by atoms with Gasteiger partial charge in [0, 0.05) is 11.6 Å². The molecule has 30 heavy (non-hydrogen) atoms. The molecule has 1 aliphatic carbocycles. The first-order valence-corrected chi connectivity index (χ1v) is 10.9. The molecule has 1 aliphatic rings. The molecule has 0 saturated heterocycles. The monoisotopic (exact) mass is 416 g/mol. The zero-order chi connectivity index (χ0) is 22.5. The predicted octanol–water partition coefficient (Wildman–Crippen LogP) is 3.73. The van der Waals surface area contributed by atoms with Gasteiger partial charge in [-0.1, -0.05) is 59.6 Å². The van der Waals surface area contributed by atoms with Gasteiger partial charge in [-0.3, -0.25) is 9.59 Å². The van der Waals surface area contributed by atoms with E-state index in [1.165, 1.54) is 0 Å². The molecular formula is C24H36N2O4. The third-order valence-electron chi connectivity index (χ3n) is 5.58. The van der Waals surface area contributed by atoms with Crippen molar-refractivity contribution in [2.45, 2.75) is 90.8 Å². The number of nitrogens with one attached hydrogen (secondary N) is 2. The van der Waals surface area contributed by atoms with Crippen LogP contribution in [0.4, 0.5) is 0 Å². The lowest BCUT2D eigenvalue weighted by Crippen LogP contribution is -2.48. The summed E-state index contributed by atoms with van der Waals surface area (Å²) in [6, 6.07) is 6.70. The number of hydrogen-bond donors (Lipinski definition) is 2. The first-order valence-electron chi connectivity index (χ1n) is 10.9. The minimum atomic E-state index is -0.901. The van der Waals surface area contributed by atoms with Crippen LogP contribution in [0, 0.1) is 5.92 Å². The zero-order valence-electron chi connectivity index (χ0n) is 19.1. The van der Waals surface area contributed by atoms with Gasteiger partial charge in [0.15, 0.2) is 6.10 Å². The minimum absolute atomic E-state index is 0.00547. The molecule has 166 valence electrons. The number of ether oxygens (including phenoxy) is 1. The lowest BCUT2D eigenvalue weighted by molar-refractivity contribution is -0.157. The lowest BCUT2D eigenvalue weighted by atomic mass is 9.86. The van der Waals surface area contributed by atoms with E-state index in [-0.39, 0.29) is 29.2 Å². The molecule has 1 fully saturated rings. The number of amides is 2. The molecule has 0 aromatic heterocycles. The van der Waals surface area contributed by atoms with Gasteiger partial charge in [-0.05, 0) is 48.8 Å². The maximum absolute atomic E-state index is 12.7. The highest BCUT2D eigenvalue weighted by Gasteiger charge is 2.30. The molecule has 0 unspecified atom stereocenters. The van der Waals surface area contributed by atoms with Crippen molar-refractivity contribution in [1.82, 2.24) is 10.6 Å². The van der Waals surface area contributed by atoms with E-state index < -0.39 is 18.1 Å². The molecule has 0 bridgehead atoms. The molecule has 0 aliphatic heterocycles. The molecule has 0 heterocycles. The predicted molar refractivity (Wildman–Crippen MR) is 117 cm³/mol. The Bertz CT molecular complexity index is 743. The van der Waals surface area contributed by atoms with Crippen molar-refractivity contribution in [3.05, 3.63) is 35.4 Å². The highest BCUT2D eigenvalue weighted by Crippen LogP contribution is 2.22. The maximum atomic E-state index is 12.7. The van der Waals surface area contributed by atoms with Crippen molar-refractivity contribution in [2.24, 2.45) is 5.92 Å². The Hall–Kier alpha value is -2.37. The van der Waals surface area contributed by atoms with Gasteiger partial charge in [0.1, 0.15) is 6.04 Å². The van der Waals surface area contributed by atoms with Crippen LogP contribution in [0.1, 0.15) is 83.1 Å². The van der Waals surface area contributed by atoms with Gasteiger partial charge < -0.3 is 15.4 Å². The fraction of sp³-hybridized carbons (Fsp3) is 0.625. The van der Waals surface area contributed by atoms with Gasteiger partial charge in [0.25, 0.3) is 11.8 Å². The van der Waals surface area contributed by atoms with Crippen LogP contribution >= 0.6 is 0 Å². The fourth-order valence-corrected chi connectivity index (χ4v) is 3.53. The van der Waals surface area contributed by atoms with Crippen molar-refractivity contribution in [3.63, 3.8) is 0 Å². The molecule has 6 heteroatoms. The van der Waals surface area contributed by atoms with Crippen LogP contribution < -0.4 is 10.6 Å². The van der Waals surface area contributed by atoms with Gasteiger partial charge in [0.05, 0.1) is 0 Å². The number of carbonyl (C=O) groups excluding carboxylic acids is 3. The Morgan fingerprint density at radius 3 is 2.07 bits per heavy atom. The summed E-state index contributed by atoms with van der Waals surface area (Å²) in [6.45, 7) is 11.5. The Balaban J connectivity index is 1.97. The van der Waals surface area contributed by atoms with E-state index in [4.69, 9.17) is 4.74 Å². The molecule has 0 radical (unpaired) electrons. The Kier molecular flexibility index (Phi) is 8.04. The zero-order valence-corrected chi connectivity index (χ0v) is 19.1. The van der Waals surface area contributed by atoms with Crippen molar-refractivity contribution >= 4 is 17.8 Å². The average Bonchev–Trinajstić information content (AvgIpc) is 3.17. The van der Waals surface area contributed by atoms with Crippen LogP contribution in [0.3, 0.4) is 0 Å². The van der Waals surface area contributed by atoms with E-state index in [9.17, 15) is 14.4 Å². The molecule has 6 nitrogen and oxygen atoms in total. The summed E-state index contributed by atoms with van der Waals surface area (Å²) in [5, 5.41) is 5.70. The quantitative estimate of drug-likeness (QED) is 0.664. The Labute approximate surface area is 180 Å². The normalized spacial score (nSPS) is 16.8. The van der Waals surface area contributed by atoms with E-state index in [1.807, 2.05) is 26.0 Å². The van der Waals surface area contributed by atoms with Crippen LogP contribution in [0.25, 0.3) is 0 Å². The SMILES string of the molecule is CC(C)[C@H](NC(=O)c1ccc(C(C)(C)C)cc1)C(=O)O[C@H](C)C(=O)NC1CCCC1. The number of hydrogen-bond acceptors (Lipinski definition) is 4. The van der Waals surface area contributed by atoms with Crippen LogP contribution in [0.5, 0.6) is 0 Å². The number of esters is 1. The van der Waals surface area contributed by atoms with Gasteiger partial charge in [-0.15, -0.1) is 0 Å². The summed E-state index contributed by atoms with van der Waals surface area (Å²) in [6.07, 6.45) is 3.24. The number of rotatable bonds is 7. The molecular weight excluding hydrogens is 380 g/mol. The molecule has 1 aromatic rings. The lowest BCUT2D eigenvalue weighted by Gasteiger charge is -2.24.